The topological polar surface area (TPSA) is 0 Å². The average Bonchev–Trinajstić information content (AvgIpc) is 3.25. The highest BCUT2D eigenvalue weighted by molar-refractivity contribution is 5.99. The van der Waals surface area contributed by atoms with Gasteiger partial charge < -0.3 is 0 Å². The third kappa shape index (κ3) is 8.36. The molecular weight excluding hydrogens is 673 g/mol. The van der Waals surface area contributed by atoms with Crippen molar-refractivity contribution in [3.8, 4) is 0 Å². The molecule has 0 saturated carbocycles. The zero-order valence-corrected chi connectivity index (χ0v) is 31.9. The van der Waals surface area contributed by atoms with Gasteiger partial charge in [-0.3, -0.25) is 0 Å². The lowest BCUT2D eigenvalue weighted by molar-refractivity contribution is 1.42. The number of hydrogen-bond donors (Lipinski definition) is 0. The Labute approximate surface area is 331 Å². The van der Waals surface area contributed by atoms with Crippen LogP contribution in [0.15, 0.2) is 194 Å². The van der Waals surface area contributed by atoms with Crippen LogP contribution in [-0.4, -0.2) is 0 Å². The average molecular weight is 717 g/mol. The van der Waals surface area contributed by atoms with E-state index in [1.54, 1.807) is 0 Å². The van der Waals surface area contributed by atoms with Gasteiger partial charge in [0.25, 0.3) is 0 Å². The molecule has 8 aromatic carbocycles. The first kappa shape index (κ1) is 36.0. The Balaban J connectivity index is 1.01. The maximum atomic E-state index is 2.30. The van der Waals surface area contributed by atoms with Crippen LogP contribution in [0.5, 0.6) is 0 Å². The van der Waals surface area contributed by atoms with Crippen LogP contribution in [-0.2, 0) is 0 Å². The molecule has 0 radical (unpaired) electrons. The van der Waals surface area contributed by atoms with Crippen LogP contribution in [0, 0.1) is 13.8 Å². The van der Waals surface area contributed by atoms with Crippen molar-refractivity contribution >= 4 is 58.4 Å². The zero-order chi connectivity index (χ0) is 38.1. The summed E-state index contributed by atoms with van der Waals surface area (Å²) in [6, 6.07) is 69.3. The molecule has 0 aliphatic carbocycles. The zero-order valence-electron chi connectivity index (χ0n) is 31.9. The Morgan fingerprint density at radius 3 is 1.04 bits per heavy atom. The van der Waals surface area contributed by atoms with Crippen LogP contribution in [0.4, 0.5) is 0 Å². The van der Waals surface area contributed by atoms with Gasteiger partial charge in [-0.05, 0) is 115 Å². The molecule has 0 spiro atoms. The van der Waals surface area contributed by atoms with Gasteiger partial charge in [-0.25, -0.2) is 0 Å². The van der Waals surface area contributed by atoms with Crippen LogP contribution >= 0.6 is 0 Å². The summed E-state index contributed by atoms with van der Waals surface area (Å²) in [5.41, 5.74) is 17.0. The third-order valence-electron chi connectivity index (χ3n) is 10.4. The van der Waals surface area contributed by atoms with E-state index in [4.69, 9.17) is 0 Å². The van der Waals surface area contributed by atoms with Gasteiger partial charge in [-0.15, -0.1) is 0 Å². The first-order chi connectivity index (χ1) is 27.6. The normalized spacial score (nSPS) is 12.2. The van der Waals surface area contributed by atoms with E-state index in [1.165, 1.54) is 88.7 Å². The molecule has 0 N–H and O–H groups in total. The van der Waals surface area contributed by atoms with Gasteiger partial charge in [0.1, 0.15) is 0 Å². The Morgan fingerprint density at radius 2 is 0.643 bits per heavy atom. The molecule has 0 nitrogen and oxygen atoms in total. The lowest BCUT2D eigenvalue weighted by Crippen LogP contribution is -1.91. The summed E-state index contributed by atoms with van der Waals surface area (Å²) in [6.07, 6.45) is 13.5. The Hall–Kier alpha value is -7.02. The summed E-state index contributed by atoms with van der Waals surface area (Å²) in [4.78, 5) is 0. The van der Waals surface area contributed by atoms with Gasteiger partial charge in [0.15, 0.2) is 0 Å². The highest BCUT2D eigenvalue weighted by atomic mass is 14.1. The fourth-order valence-corrected chi connectivity index (χ4v) is 7.37. The summed E-state index contributed by atoms with van der Waals surface area (Å²) in [6.45, 7) is 4.36. The quantitative estimate of drug-likeness (QED) is 0.124. The molecule has 0 fully saturated rings. The van der Waals surface area contributed by atoms with Crippen molar-refractivity contribution in [2.45, 2.75) is 13.8 Å². The molecule has 0 saturated heterocycles. The standard InChI is InChI=1S/C56H44/c1-41-15-9-11-21-51(41)55(47-17-5-3-6-18-47)39-45-29-25-43(26-30-45)33-35-49-37-38-50(54-24-14-13-23-53(49)54)36-34-44-27-31-46(32-28-44)40-56(48-19-7-4-8-20-48)52-22-12-10-16-42(52)2/h3-40H,1-2H3. The predicted octanol–water partition coefficient (Wildman–Crippen LogP) is 15.0. The van der Waals surface area contributed by atoms with E-state index in [0.717, 1.165) is 0 Å². The second-order valence-corrected chi connectivity index (χ2v) is 14.3. The van der Waals surface area contributed by atoms with E-state index in [0.29, 0.717) is 0 Å². The second kappa shape index (κ2) is 17.0. The highest BCUT2D eigenvalue weighted by Crippen LogP contribution is 2.31. The molecule has 8 aromatic rings. The smallest absolute Gasteiger partial charge is 0.0103 e. The van der Waals surface area contributed by atoms with Crippen LogP contribution in [0.25, 0.3) is 58.4 Å². The Morgan fingerprint density at radius 1 is 0.304 bits per heavy atom. The lowest BCUT2D eigenvalue weighted by Gasteiger charge is -2.12. The molecule has 0 aromatic heterocycles. The molecule has 0 heteroatoms. The number of fused-ring (bicyclic) bond motifs is 1. The fourth-order valence-electron chi connectivity index (χ4n) is 7.37. The third-order valence-corrected chi connectivity index (χ3v) is 10.4. The molecule has 0 aliphatic rings. The predicted molar refractivity (Wildman–Crippen MR) is 244 cm³/mol. The van der Waals surface area contributed by atoms with Gasteiger partial charge in [0, 0.05) is 0 Å². The first-order valence-electron chi connectivity index (χ1n) is 19.3. The van der Waals surface area contributed by atoms with Gasteiger partial charge in [0.05, 0.1) is 0 Å². The minimum absolute atomic E-state index is 1.17. The molecule has 268 valence electrons. The number of benzene rings is 8. The maximum Gasteiger partial charge on any atom is -0.0103 e. The fraction of sp³-hybridized carbons (Fsp3) is 0.0357. The molecule has 0 bridgehead atoms. The van der Waals surface area contributed by atoms with E-state index >= 15 is 0 Å². The minimum atomic E-state index is 1.17. The van der Waals surface area contributed by atoms with E-state index < -0.39 is 0 Å². The summed E-state index contributed by atoms with van der Waals surface area (Å²) >= 11 is 0. The molecule has 0 unspecified atom stereocenters. The van der Waals surface area contributed by atoms with Gasteiger partial charge in [-0.2, -0.15) is 0 Å². The maximum absolute atomic E-state index is 2.30. The van der Waals surface area contributed by atoms with Gasteiger partial charge in [0.2, 0.25) is 0 Å². The molecule has 0 heterocycles. The summed E-state index contributed by atoms with van der Waals surface area (Å²) in [5, 5.41) is 2.47. The number of aryl methyl sites for hydroxylation is 2. The summed E-state index contributed by atoms with van der Waals surface area (Å²) in [7, 11) is 0. The largest absolute Gasteiger partial charge is 0.0622 e. The van der Waals surface area contributed by atoms with Crippen molar-refractivity contribution in [1.29, 1.82) is 0 Å². The van der Waals surface area contributed by atoms with Crippen molar-refractivity contribution in [2.24, 2.45) is 0 Å². The first-order valence-corrected chi connectivity index (χ1v) is 19.3. The lowest BCUT2D eigenvalue weighted by atomic mass is 9.92. The molecule has 0 amide bonds. The van der Waals surface area contributed by atoms with E-state index in [2.05, 4.69) is 244 Å². The highest BCUT2D eigenvalue weighted by Gasteiger charge is 2.10. The van der Waals surface area contributed by atoms with Crippen molar-refractivity contribution in [2.75, 3.05) is 0 Å². The van der Waals surface area contributed by atoms with E-state index in [-0.39, 0.29) is 0 Å². The van der Waals surface area contributed by atoms with Crippen molar-refractivity contribution < 1.29 is 0 Å². The van der Waals surface area contributed by atoms with Crippen LogP contribution < -0.4 is 0 Å². The van der Waals surface area contributed by atoms with Gasteiger partial charge >= 0.3 is 0 Å². The second-order valence-electron chi connectivity index (χ2n) is 14.3. The molecule has 0 atom stereocenters. The Bertz CT molecular complexity index is 2510. The number of hydrogen-bond acceptors (Lipinski definition) is 0. The molecular formula is C56H44. The molecule has 56 heavy (non-hydrogen) atoms. The molecule has 8 rings (SSSR count). The monoisotopic (exact) mass is 716 g/mol. The van der Waals surface area contributed by atoms with E-state index in [1.807, 2.05) is 0 Å². The van der Waals surface area contributed by atoms with Crippen molar-refractivity contribution in [3.63, 3.8) is 0 Å². The van der Waals surface area contributed by atoms with Crippen molar-refractivity contribution in [1.82, 2.24) is 0 Å². The van der Waals surface area contributed by atoms with E-state index in [9.17, 15) is 0 Å². The van der Waals surface area contributed by atoms with Crippen LogP contribution in [0.1, 0.15) is 66.8 Å². The summed E-state index contributed by atoms with van der Waals surface area (Å²) in [5.74, 6) is 0. The van der Waals surface area contributed by atoms with Crippen LogP contribution in [0.3, 0.4) is 0 Å². The SMILES string of the molecule is Cc1ccccc1C(=Cc1ccc(C=Cc2ccc(C=Cc3ccc(C=C(c4ccccc4)c4ccccc4C)cc3)c3ccccc23)cc1)c1ccccc1. The molecule has 0 aliphatic heterocycles. The Kier molecular flexibility index (Phi) is 10.9. The van der Waals surface area contributed by atoms with Crippen LogP contribution in [0.2, 0.25) is 0 Å². The van der Waals surface area contributed by atoms with Crippen molar-refractivity contribution in [3.05, 3.63) is 261 Å². The number of rotatable bonds is 10. The minimum Gasteiger partial charge on any atom is -0.0622 e. The summed E-state index contributed by atoms with van der Waals surface area (Å²) < 4.78 is 0. The van der Waals surface area contributed by atoms with Gasteiger partial charge in [-0.1, -0.05) is 218 Å².